The van der Waals surface area contributed by atoms with E-state index in [1.54, 1.807) is 0 Å². The molecule has 18 heavy (non-hydrogen) atoms. The lowest BCUT2D eigenvalue weighted by Crippen LogP contribution is -2.20. The predicted octanol–water partition coefficient (Wildman–Crippen LogP) is 1.07. The van der Waals surface area contributed by atoms with Crippen molar-refractivity contribution >= 4 is 17.6 Å². The zero-order chi connectivity index (χ0) is 13.0. The quantitative estimate of drug-likeness (QED) is 0.579. The van der Waals surface area contributed by atoms with E-state index < -0.39 is 0 Å². The Kier molecular flexibility index (Phi) is 3.86. The second-order valence-electron chi connectivity index (χ2n) is 4.94. The molecule has 0 bridgehead atoms. The molecule has 0 unspecified atom stereocenters. The van der Waals surface area contributed by atoms with Crippen molar-refractivity contribution in [1.82, 2.24) is 9.97 Å². The second kappa shape index (κ2) is 5.39. The zero-order valence-electron chi connectivity index (χ0n) is 10.7. The highest BCUT2D eigenvalue weighted by Gasteiger charge is 2.41. The van der Waals surface area contributed by atoms with Crippen molar-refractivity contribution in [2.24, 2.45) is 5.41 Å². The molecule has 0 aliphatic heterocycles. The molecule has 6 nitrogen and oxygen atoms in total. The van der Waals surface area contributed by atoms with Gasteiger partial charge in [-0.2, -0.15) is 9.97 Å². The van der Waals surface area contributed by atoms with Crippen molar-refractivity contribution in [2.45, 2.75) is 26.2 Å². The maximum atomic E-state index is 9.25. The van der Waals surface area contributed by atoms with Crippen LogP contribution in [0.5, 0.6) is 0 Å². The summed E-state index contributed by atoms with van der Waals surface area (Å²) in [6.07, 6.45) is 3.16. The Morgan fingerprint density at radius 3 is 2.56 bits per heavy atom. The minimum Gasteiger partial charge on any atom is -0.396 e. The molecule has 1 aromatic rings. The van der Waals surface area contributed by atoms with E-state index in [1.807, 2.05) is 6.07 Å². The third kappa shape index (κ3) is 3.22. The number of nitrogens with one attached hydrogen (secondary N) is 2. The van der Waals surface area contributed by atoms with E-state index in [-0.39, 0.29) is 18.0 Å². The van der Waals surface area contributed by atoms with Gasteiger partial charge in [0.25, 0.3) is 0 Å². The van der Waals surface area contributed by atoms with Crippen molar-refractivity contribution in [1.29, 1.82) is 0 Å². The lowest BCUT2D eigenvalue weighted by atomic mass is 10.1. The van der Waals surface area contributed by atoms with E-state index in [9.17, 15) is 5.11 Å². The summed E-state index contributed by atoms with van der Waals surface area (Å²) in [5.41, 5.74) is 5.72. The Labute approximate surface area is 107 Å². The highest BCUT2D eigenvalue weighted by Crippen LogP contribution is 2.44. The first-order valence-corrected chi connectivity index (χ1v) is 6.41. The third-order valence-corrected chi connectivity index (χ3v) is 3.24. The first-order valence-electron chi connectivity index (χ1n) is 6.41. The van der Waals surface area contributed by atoms with Crippen molar-refractivity contribution in [2.75, 3.05) is 36.1 Å². The summed E-state index contributed by atoms with van der Waals surface area (Å²) in [6.45, 7) is 3.90. The van der Waals surface area contributed by atoms with Crippen molar-refractivity contribution in [3.8, 4) is 0 Å². The van der Waals surface area contributed by atoms with E-state index in [2.05, 4.69) is 27.5 Å². The molecule has 0 atom stereocenters. The fourth-order valence-corrected chi connectivity index (χ4v) is 1.75. The molecule has 0 spiro atoms. The van der Waals surface area contributed by atoms with Crippen LogP contribution in [0.4, 0.5) is 17.6 Å². The maximum Gasteiger partial charge on any atom is 0.223 e. The molecule has 0 aromatic carbocycles. The van der Waals surface area contributed by atoms with Crippen molar-refractivity contribution in [3.63, 3.8) is 0 Å². The Morgan fingerprint density at radius 2 is 2.00 bits per heavy atom. The van der Waals surface area contributed by atoms with Gasteiger partial charge >= 0.3 is 0 Å². The first kappa shape index (κ1) is 12.9. The molecule has 2 rings (SSSR count). The molecule has 1 aliphatic carbocycles. The van der Waals surface area contributed by atoms with E-state index in [0.29, 0.717) is 5.82 Å². The van der Waals surface area contributed by atoms with Gasteiger partial charge in [-0.25, -0.2) is 0 Å². The average Bonchev–Trinajstić information content (AvgIpc) is 3.14. The summed E-state index contributed by atoms with van der Waals surface area (Å²) in [7, 11) is 0. The van der Waals surface area contributed by atoms with Crippen LogP contribution in [0.15, 0.2) is 6.07 Å². The van der Waals surface area contributed by atoms with Crippen LogP contribution in [0.2, 0.25) is 0 Å². The molecule has 100 valence electrons. The third-order valence-electron chi connectivity index (χ3n) is 3.24. The number of hydrogen-bond acceptors (Lipinski definition) is 6. The lowest BCUT2D eigenvalue weighted by Gasteiger charge is -2.14. The number of hydrogen-bond donors (Lipinski definition) is 4. The van der Waals surface area contributed by atoms with Crippen LogP contribution in [0.25, 0.3) is 0 Å². The minimum atomic E-state index is 0.0523. The summed E-state index contributed by atoms with van der Waals surface area (Å²) >= 11 is 0. The van der Waals surface area contributed by atoms with Crippen LogP contribution >= 0.6 is 0 Å². The SMILES string of the molecule is CCCNc1cc(NCC2(CO)CC2)nc(N)n1. The molecule has 0 saturated heterocycles. The highest BCUT2D eigenvalue weighted by molar-refractivity contribution is 5.51. The van der Waals surface area contributed by atoms with Gasteiger partial charge in [0.2, 0.25) is 5.95 Å². The molecule has 5 N–H and O–H groups in total. The molecular weight excluding hydrogens is 230 g/mol. The van der Waals surface area contributed by atoms with Crippen LogP contribution in [0.3, 0.4) is 0 Å². The summed E-state index contributed by atoms with van der Waals surface area (Å²) in [6, 6.07) is 1.85. The standard InChI is InChI=1S/C12H21N5O/c1-2-5-14-9-6-10(17-11(13)16-9)15-7-12(8-18)3-4-12/h6,18H,2-5,7-8H2,1H3,(H4,13,14,15,16,17). The summed E-state index contributed by atoms with van der Waals surface area (Å²) < 4.78 is 0. The largest absolute Gasteiger partial charge is 0.396 e. The van der Waals surface area contributed by atoms with Gasteiger partial charge in [-0.1, -0.05) is 6.92 Å². The molecule has 0 amide bonds. The Morgan fingerprint density at radius 1 is 1.33 bits per heavy atom. The van der Waals surface area contributed by atoms with Gasteiger partial charge < -0.3 is 21.5 Å². The number of rotatable bonds is 7. The highest BCUT2D eigenvalue weighted by atomic mass is 16.3. The molecule has 6 heteroatoms. The van der Waals surface area contributed by atoms with Gasteiger partial charge in [-0.15, -0.1) is 0 Å². The van der Waals surface area contributed by atoms with Crippen LogP contribution in [0.1, 0.15) is 26.2 Å². The number of nitrogens with zero attached hydrogens (tertiary/aromatic N) is 2. The Bertz CT molecular complexity index is 405. The van der Waals surface area contributed by atoms with Crippen LogP contribution in [-0.2, 0) is 0 Å². The topological polar surface area (TPSA) is 96.1 Å². The van der Waals surface area contributed by atoms with Crippen molar-refractivity contribution < 1.29 is 5.11 Å². The van der Waals surface area contributed by atoms with Gasteiger partial charge in [-0.05, 0) is 19.3 Å². The normalized spacial score (nSPS) is 16.3. The molecular formula is C12H21N5O. The number of aliphatic hydroxyl groups is 1. The number of aromatic nitrogens is 2. The number of nitrogen functional groups attached to an aromatic ring is 1. The van der Waals surface area contributed by atoms with E-state index >= 15 is 0 Å². The molecule has 1 aliphatic rings. The first-order chi connectivity index (χ1) is 8.67. The molecule has 1 saturated carbocycles. The monoisotopic (exact) mass is 251 g/mol. The fourth-order valence-electron chi connectivity index (χ4n) is 1.75. The summed E-state index contributed by atoms with van der Waals surface area (Å²) in [4.78, 5) is 8.26. The van der Waals surface area contributed by atoms with Gasteiger partial charge in [0.05, 0.1) is 6.61 Å². The second-order valence-corrected chi connectivity index (χ2v) is 4.94. The number of nitrogens with two attached hydrogens (primary N) is 1. The zero-order valence-corrected chi connectivity index (χ0v) is 10.7. The average molecular weight is 251 g/mol. The van der Waals surface area contributed by atoms with Gasteiger partial charge in [-0.3, -0.25) is 0 Å². The smallest absolute Gasteiger partial charge is 0.223 e. The Hall–Kier alpha value is -1.56. The summed E-state index contributed by atoms with van der Waals surface area (Å²) in [5.74, 6) is 1.70. The summed E-state index contributed by atoms with van der Waals surface area (Å²) in [5, 5.41) is 15.7. The lowest BCUT2D eigenvalue weighted by molar-refractivity contribution is 0.219. The van der Waals surface area contributed by atoms with Crippen LogP contribution in [0, 0.1) is 5.41 Å². The predicted molar refractivity (Wildman–Crippen MR) is 72.5 cm³/mol. The van der Waals surface area contributed by atoms with Crippen LogP contribution < -0.4 is 16.4 Å². The Balaban J connectivity index is 1.96. The van der Waals surface area contributed by atoms with E-state index in [0.717, 1.165) is 38.2 Å². The maximum absolute atomic E-state index is 9.25. The van der Waals surface area contributed by atoms with Crippen molar-refractivity contribution in [3.05, 3.63) is 6.07 Å². The van der Waals surface area contributed by atoms with Gasteiger partial charge in [0.1, 0.15) is 11.6 Å². The molecule has 1 heterocycles. The number of aliphatic hydroxyl groups excluding tert-OH is 1. The molecule has 0 radical (unpaired) electrons. The fraction of sp³-hybridized carbons (Fsp3) is 0.667. The van der Waals surface area contributed by atoms with Crippen LogP contribution in [-0.4, -0.2) is 34.8 Å². The van der Waals surface area contributed by atoms with Gasteiger partial charge in [0, 0.05) is 24.6 Å². The molecule has 1 aromatic heterocycles. The van der Waals surface area contributed by atoms with E-state index in [4.69, 9.17) is 5.73 Å². The van der Waals surface area contributed by atoms with E-state index in [1.165, 1.54) is 0 Å². The minimum absolute atomic E-state index is 0.0523. The molecule has 1 fully saturated rings. The van der Waals surface area contributed by atoms with Gasteiger partial charge in [0.15, 0.2) is 0 Å². The number of anilines is 3.